The highest BCUT2D eigenvalue weighted by atomic mass is 19.4. The molecule has 0 aromatic heterocycles. The van der Waals surface area contributed by atoms with Crippen LogP contribution in [0, 0.1) is 0 Å². The average molecular weight is 227 g/mol. The van der Waals surface area contributed by atoms with E-state index in [0.29, 0.717) is 12.8 Å². The molecule has 90 valence electrons. The number of hydrogen-bond acceptors (Lipinski definition) is 3. The number of rotatable bonds is 3. The third-order valence-corrected chi connectivity index (χ3v) is 2.68. The zero-order valence-corrected chi connectivity index (χ0v) is 8.30. The Morgan fingerprint density at radius 1 is 1.27 bits per heavy atom. The monoisotopic (exact) mass is 227 g/mol. The van der Waals surface area contributed by atoms with E-state index >= 15 is 0 Å². The molecule has 0 aromatic rings. The molecule has 3 N–H and O–H groups in total. The molecule has 15 heavy (non-hydrogen) atoms. The van der Waals surface area contributed by atoms with E-state index < -0.39 is 24.9 Å². The lowest BCUT2D eigenvalue weighted by molar-refractivity contribution is -0.202. The SMILES string of the molecule is OC(CN[C@@H]1CCCC[C@H]1O)C(F)(F)F. The zero-order valence-electron chi connectivity index (χ0n) is 8.30. The van der Waals surface area contributed by atoms with Crippen molar-refractivity contribution in [3.8, 4) is 0 Å². The Bertz CT molecular complexity index is 198. The Kier molecular flexibility index (Phi) is 4.36. The number of halogens is 3. The van der Waals surface area contributed by atoms with E-state index in [2.05, 4.69) is 5.32 Å². The smallest absolute Gasteiger partial charge is 0.392 e. The van der Waals surface area contributed by atoms with E-state index in [4.69, 9.17) is 5.11 Å². The van der Waals surface area contributed by atoms with Crippen molar-refractivity contribution in [2.24, 2.45) is 0 Å². The van der Waals surface area contributed by atoms with Crippen LogP contribution in [0.25, 0.3) is 0 Å². The molecule has 1 aliphatic rings. The average Bonchev–Trinajstić information content (AvgIpc) is 2.14. The summed E-state index contributed by atoms with van der Waals surface area (Å²) in [6, 6.07) is -0.323. The van der Waals surface area contributed by atoms with Crippen LogP contribution in [0.4, 0.5) is 13.2 Å². The normalized spacial score (nSPS) is 30.2. The van der Waals surface area contributed by atoms with Crippen molar-refractivity contribution in [2.45, 2.75) is 50.1 Å². The fourth-order valence-corrected chi connectivity index (χ4v) is 1.73. The summed E-state index contributed by atoms with van der Waals surface area (Å²) in [5, 5.41) is 20.8. The van der Waals surface area contributed by atoms with Gasteiger partial charge in [0.05, 0.1) is 6.10 Å². The van der Waals surface area contributed by atoms with Gasteiger partial charge in [-0.15, -0.1) is 0 Å². The number of nitrogens with one attached hydrogen (secondary N) is 1. The molecule has 0 radical (unpaired) electrons. The van der Waals surface area contributed by atoms with Crippen molar-refractivity contribution in [1.82, 2.24) is 5.32 Å². The highest BCUT2D eigenvalue weighted by molar-refractivity contribution is 4.82. The van der Waals surface area contributed by atoms with Gasteiger partial charge in [0.1, 0.15) is 0 Å². The molecule has 1 rings (SSSR count). The zero-order chi connectivity index (χ0) is 11.5. The number of aliphatic hydroxyl groups is 2. The van der Waals surface area contributed by atoms with Crippen LogP contribution < -0.4 is 5.32 Å². The number of alkyl halides is 3. The summed E-state index contributed by atoms with van der Waals surface area (Å²) in [4.78, 5) is 0. The van der Waals surface area contributed by atoms with Gasteiger partial charge in [-0.25, -0.2) is 0 Å². The van der Waals surface area contributed by atoms with Crippen LogP contribution in [0.15, 0.2) is 0 Å². The van der Waals surface area contributed by atoms with Crippen LogP contribution in [0.1, 0.15) is 25.7 Å². The maximum atomic E-state index is 11.9. The maximum absolute atomic E-state index is 11.9. The second-order valence-corrected chi connectivity index (χ2v) is 3.92. The van der Waals surface area contributed by atoms with E-state index in [9.17, 15) is 18.3 Å². The quantitative estimate of drug-likeness (QED) is 0.668. The van der Waals surface area contributed by atoms with Gasteiger partial charge in [-0.1, -0.05) is 12.8 Å². The summed E-state index contributed by atoms with van der Waals surface area (Å²) in [7, 11) is 0. The molecule has 1 fully saturated rings. The first kappa shape index (κ1) is 12.7. The van der Waals surface area contributed by atoms with Gasteiger partial charge in [-0.3, -0.25) is 0 Å². The lowest BCUT2D eigenvalue weighted by Gasteiger charge is -2.29. The molecule has 0 saturated heterocycles. The van der Waals surface area contributed by atoms with Crippen molar-refractivity contribution < 1.29 is 23.4 Å². The summed E-state index contributed by atoms with van der Waals surface area (Å²) >= 11 is 0. The molecular formula is C9H16F3NO2. The molecule has 1 unspecified atom stereocenters. The van der Waals surface area contributed by atoms with Gasteiger partial charge in [-0.2, -0.15) is 13.2 Å². The predicted octanol–water partition coefficient (Wildman–Crippen LogP) is 0.803. The molecule has 1 saturated carbocycles. The molecule has 0 spiro atoms. The van der Waals surface area contributed by atoms with E-state index in [0.717, 1.165) is 12.8 Å². The van der Waals surface area contributed by atoms with Crippen LogP contribution >= 0.6 is 0 Å². The van der Waals surface area contributed by atoms with Crippen molar-refractivity contribution >= 4 is 0 Å². The molecule has 1 aliphatic carbocycles. The highest BCUT2D eigenvalue weighted by Crippen LogP contribution is 2.21. The Hall–Kier alpha value is -0.330. The van der Waals surface area contributed by atoms with Crippen LogP contribution in [-0.2, 0) is 0 Å². The van der Waals surface area contributed by atoms with Gasteiger partial charge in [0, 0.05) is 12.6 Å². The van der Waals surface area contributed by atoms with E-state index in [1.807, 2.05) is 0 Å². The minimum Gasteiger partial charge on any atom is -0.392 e. The van der Waals surface area contributed by atoms with Crippen LogP contribution in [0.3, 0.4) is 0 Å². The van der Waals surface area contributed by atoms with Crippen LogP contribution in [0.5, 0.6) is 0 Å². The summed E-state index contributed by atoms with van der Waals surface area (Å²) in [5.74, 6) is 0. The molecule has 0 bridgehead atoms. The van der Waals surface area contributed by atoms with E-state index in [1.165, 1.54) is 0 Å². The van der Waals surface area contributed by atoms with Gasteiger partial charge >= 0.3 is 6.18 Å². The highest BCUT2D eigenvalue weighted by Gasteiger charge is 2.38. The third kappa shape index (κ3) is 3.96. The van der Waals surface area contributed by atoms with E-state index in [-0.39, 0.29) is 6.04 Å². The standard InChI is InChI=1S/C9H16F3NO2/c10-9(11,12)8(15)5-13-6-3-1-2-4-7(6)14/h6-8,13-15H,1-5H2/t6-,7-,8?/m1/s1. The van der Waals surface area contributed by atoms with Gasteiger partial charge in [0.25, 0.3) is 0 Å². The fraction of sp³-hybridized carbons (Fsp3) is 1.00. The van der Waals surface area contributed by atoms with Crippen molar-refractivity contribution in [1.29, 1.82) is 0 Å². The first-order valence-electron chi connectivity index (χ1n) is 5.07. The molecule has 3 nitrogen and oxygen atoms in total. The van der Waals surface area contributed by atoms with Crippen LogP contribution in [-0.4, -0.2) is 41.2 Å². The Labute approximate surface area is 86.3 Å². The molecular weight excluding hydrogens is 211 g/mol. The molecule has 0 amide bonds. The summed E-state index contributed by atoms with van der Waals surface area (Å²) in [6.07, 6.45) is -4.47. The second kappa shape index (κ2) is 5.14. The first-order valence-corrected chi connectivity index (χ1v) is 5.07. The molecule has 3 atom stereocenters. The van der Waals surface area contributed by atoms with Crippen molar-refractivity contribution in [3.05, 3.63) is 0 Å². The molecule has 0 aliphatic heterocycles. The molecule has 0 aromatic carbocycles. The van der Waals surface area contributed by atoms with Gasteiger partial charge in [-0.05, 0) is 12.8 Å². The topological polar surface area (TPSA) is 52.5 Å². The lowest BCUT2D eigenvalue weighted by atomic mass is 9.92. The fourth-order valence-electron chi connectivity index (χ4n) is 1.73. The Morgan fingerprint density at radius 3 is 2.40 bits per heavy atom. The van der Waals surface area contributed by atoms with Gasteiger partial charge in [0.15, 0.2) is 6.10 Å². The number of aliphatic hydroxyl groups excluding tert-OH is 2. The second-order valence-electron chi connectivity index (χ2n) is 3.92. The molecule has 0 heterocycles. The number of hydrogen-bond donors (Lipinski definition) is 3. The minimum atomic E-state index is -4.59. The maximum Gasteiger partial charge on any atom is 0.415 e. The predicted molar refractivity (Wildman–Crippen MR) is 48.3 cm³/mol. The Morgan fingerprint density at radius 2 is 1.87 bits per heavy atom. The lowest BCUT2D eigenvalue weighted by Crippen LogP contribution is -2.48. The third-order valence-electron chi connectivity index (χ3n) is 2.68. The van der Waals surface area contributed by atoms with Crippen molar-refractivity contribution in [2.75, 3.05) is 6.54 Å². The summed E-state index contributed by atoms with van der Waals surface area (Å²) in [5.41, 5.74) is 0. The Balaban J connectivity index is 2.29. The van der Waals surface area contributed by atoms with Gasteiger partial charge in [0.2, 0.25) is 0 Å². The van der Waals surface area contributed by atoms with Gasteiger partial charge < -0.3 is 15.5 Å². The molecule has 6 heteroatoms. The summed E-state index contributed by atoms with van der Waals surface area (Å²) < 4.78 is 35.8. The van der Waals surface area contributed by atoms with Crippen molar-refractivity contribution in [3.63, 3.8) is 0 Å². The summed E-state index contributed by atoms with van der Waals surface area (Å²) in [6.45, 7) is -0.550. The van der Waals surface area contributed by atoms with Crippen LogP contribution in [0.2, 0.25) is 0 Å². The van der Waals surface area contributed by atoms with E-state index in [1.54, 1.807) is 0 Å². The largest absolute Gasteiger partial charge is 0.415 e. The minimum absolute atomic E-state index is 0.323. The first-order chi connectivity index (χ1) is 6.91.